The average molecular weight is 274 g/mol. The predicted octanol–water partition coefficient (Wildman–Crippen LogP) is 4.08. The fourth-order valence-electron chi connectivity index (χ4n) is 2.91. The first kappa shape index (κ1) is 15.3. The molecule has 2 N–H and O–H groups in total. The Morgan fingerprint density at radius 1 is 1.30 bits per heavy atom. The molecule has 0 heterocycles. The van der Waals surface area contributed by atoms with Gasteiger partial charge < -0.3 is 10.2 Å². The molecule has 0 spiro atoms. The van der Waals surface area contributed by atoms with E-state index in [0.29, 0.717) is 0 Å². The van der Waals surface area contributed by atoms with Gasteiger partial charge in [0.25, 0.3) is 0 Å². The Kier molecular flexibility index (Phi) is 5.81. The van der Waals surface area contributed by atoms with Crippen LogP contribution < -0.4 is 0 Å². The molecular formula is C18H26O2. The Hall–Kier alpha value is -1.12. The molecule has 1 aliphatic carbocycles. The fraction of sp³-hybridized carbons (Fsp3) is 0.556. The van der Waals surface area contributed by atoms with Crippen molar-refractivity contribution in [3.8, 4) is 0 Å². The lowest BCUT2D eigenvalue weighted by atomic mass is 9.86. The highest BCUT2D eigenvalue weighted by Crippen LogP contribution is 2.26. The van der Waals surface area contributed by atoms with Crippen molar-refractivity contribution in [2.45, 2.75) is 57.7 Å². The van der Waals surface area contributed by atoms with E-state index in [9.17, 15) is 10.2 Å². The second-order valence-corrected chi connectivity index (χ2v) is 5.85. The van der Waals surface area contributed by atoms with E-state index in [-0.39, 0.29) is 18.1 Å². The molecule has 0 aromatic heterocycles. The van der Waals surface area contributed by atoms with Crippen LogP contribution >= 0.6 is 0 Å². The first-order valence-corrected chi connectivity index (χ1v) is 7.85. The lowest BCUT2D eigenvalue weighted by Crippen LogP contribution is -2.22. The maximum Gasteiger partial charge on any atom is 0.0790 e. The summed E-state index contributed by atoms with van der Waals surface area (Å²) < 4.78 is 0. The van der Waals surface area contributed by atoms with Crippen molar-refractivity contribution in [1.82, 2.24) is 0 Å². The summed E-state index contributed by atoms with van der Waals surface area (Å²) in [6, 6.07) is 8.07. The SMILES string of the molecule is CCCC(O)c1cccc(/C=C/C2CCCCC2O)c1. The summed E-state index contributed by atoms with van der Waals surface area (Å²) in [4.78, 5) is 0. The van der Waals surface area contributed by atoms with E-state index in [1.54, 1.807) is 0 Å². The quantitative estimate of drug-likeness (QED) is 0.849. The van der Waals surface area contributed by atoms with Gasteiger partial charge >= 0.3 is 0 Å². The van der Waals surface area contributed by atoms with Gasteiger partial charge in [-0.25, -0.2) is 0 Å². The number of rotatable bonds is 5. The van der Waals surface area contributed by atoms with Crippen LogP contribution in [-0.2, 0) is 0 Å². The molecule has 110 valence electrons. The van der Waals surface area contributed by atoms with Gasteiger partial charge in [0.1, 0.15) is 0 Å². The van der Waals surface area contributed by atoms with Gasteiger partial charge in [-0.3, -0.25) is 0 Å². The molecule has 3 unspecified atom stereocenters. The number of hydrogen-bond donors (Lipinski definition) is 2. The van der Waals surface area contributed by atoms with Gasteiger partial charge in [-0.2, -0.15) is 0 Å². The molecule has 1 aromatic rings. The van der Waals surface area contributed by atoms with Gasteiger partial charge in [0, 0.05) is 5.92 Å². The van der Waals surface area contributed by atoms with Gasteiger partial charge in [-0.15, -0.1) is 0 Å². The third-order valence-electron chi connectivity index (χ3n) is 4.18. The zero-order valence-electron chi connectivity index (χ0n) is 12.3. The molecule has 1 aliphatic rings. The van der Waals surface area contributed by atoms with Crippen molar-refractivity contribution < 1.29 is 10.2 Å². The van der Waals surface area contributed by atoms with Crippen LogP contribution in [-0.4, -0.2) is 16.3 Å². The molecule has 2 rings (SSSR count). The molecule has 3 atom stereocenters. The molecule has 1 aromatic carbocycles. The van der Waals surface area contributed by atoms with Crippen molar-refractivity contribution in [2.24, 2.45) is 5.92 Å². The second kappa shape index (κ2) is 7.61. The predicted molar refractivity (Wildman–Crippen MR) is 83.3 cm³/mol. The highest BCUT2D eigenvalue weighted by Gasteiger charge is 2.20. The van der Waals surface area contributed by atoms with Crippen LogP contribution in [0.25, 0.3) is 6.08 Å². The first-order valence-electron chi connectivity index (χ1n) is 7.85. The van der Waals surface area contributed by atoms with Crippen molar-refractivity contribution in [3.05, 3.63) is 41.5 Å². The van der Waals surface area contributed by atoms with Crippen LogP contribution in [0.5, 0.6) is 0 Å². The van der Waals surface area contributed by atoms with E-state index < -0.39 is 0 Å². The van der Waals surface area contributed by atoms with Gasteiger partial charge in [-0.05, 0) is 36.5 Å². The van der Waals surface area contributed by atoms with E-state index in [4.69, 9.17) is 0 Å². The maximum atomic E-state index is 10.0. The summed E-state index contributed by atoms with van der Waals surface area (Å²) >= 11 is 0. The number of aliphatic hydroxyl groups is 2. The number of aliphatic hydroxyl groups excluding tert-OH is 2. The zero-order valence-corrected chi connectivity index (χ0v) is 12.3. The zero-order chi connectivity index (χ0) is 14.4. The molecule has 20 heavy (non-hydrogen) atoms. The van der Waals surface area contributed by atoms with Crippen LogP contribution in [0.15, 0.2) is 30.3 Å². The third kappa shape index (κ3) is 4.19. The summed E-state index contributed by atoms with van der Waals surface area (Å²) in [7, 11) is 0. The molecule has 0 saturated heterocycles. The lowest BCUT2D eigenvalue weighted by Gasteiger charge is -2.24. The fourth-order valence-corrected chi connectivity index (χ4v) is 2.91. The molecule has 2 heteroatoms. The molecule has 1 saturated carbocycles. The minimum absolute atomic E-state index is 0.186. The lowest BCUT2D eigenvalue weighted by molar-refractivity contribution is 0.0931. The molecule has 2 nitrogen and oxygen atoms in total. The van der Waals surface area contributed by atoms with Crippen LogP contribution in [0, 0.1) is 5.92 Å². The Bertz CT molecular complexity index is 439. The largest absolute Gasteiger partial charge is 0.393 e. The molecular weight excluding hydrogens is 248 g/mol. The minimum atomic E-state index is -0.367. The number of hydrogen-bond acceptors (Lipinski definition) is 2. The Morgan fingerprint density at radius 3 is 2.85 bits per heavy atom. The van der Waals surface area contributed by atoms with Crippen LogP contribution in [0.2, 0.25) is 0 Å². The summed E-state index contributed by atoms with van der Waals surface area (Å²) in [6.45, 7) is 2.08. The number of benzene rings is 1. The highest BCUT2D eigenvalue weighted by atomic mass is 16.3. The normalized spacial score (nSPS) is 24.9. The van der Waals surface area contributed by atoms with E-state index in [1.165, 1.54) is 6.42 Å². The molecule has 0 aliphatic heterocycles. The van der Waals surface area contributed by atoms with Gasteiger partial charge in [-0.1, -0.05) is 56.5 Å². The van der Waals surface area contributed by atoms with Crippen molar-refractivity contribution >= 4 is 6.08 Å². The standard InChI is InChI=1S/C18H26O2/c1-2-6-17(19)16-9-5-7-14(13-16)11-12-15-8-3-4-10-18(15)20/h5,7,9,11-13,15,17-20H,2-4,6,8,10H2,1H3/b12-11+. The van der Waals surface area contributed by atoms with Crippen molar-refractivity contribution in [2.75, 3.05) is 0 Å². The Morgan fingerprint density at radius 2 is 2.10 bits per heavy atom. The third-order valence-corrected chi connectivity index (χ3v) is 4.18. The molecule has 1 fully saturated rings. The second-order valence-electron chi connectivity index (χ2n) is 5.85. The van der Waals surface area contributed by atoms with Crippen molar-refractivity contribution in [3.63, 3.8) is 0 Å². The summed E-state index contributed by atoms with van der Waals surface area (Å²) in [6.07, 6.45) is 9.80. The summed E-state index contributed by atoms with van der Waals surface area (Å²) in [5.74, 6) is 0.285. The summed E-state index contributed by atoms with van der Waals surface area (Å²) in [5, 5.41) is 20.0. The Balaban J connectivity index is 2.03. The Labute approximate surface area is 122 Å². The topological polar surface area (TPSA) is 40.5 Å². The van der Waals surface area contributed by atoms with Crippen molar-refractivity contribution in [1.29, 1.82) is 0 Å². The first-order chi connectivity index (χ1) is 9.70. The maximum absolute atomic E-state index is 10.0. The van der Waals surface area contributed by atoms with Crippen LogP contribution in [0.4, 0.5) is 0 Å². The van der Waals surface area contributed by atoms with Crippen LogP contribution in [0.1, 0.15) is 62.7 Å². The van der Waals surface area contributed by atoms with E-state index in [0.717, 1.165) is 43.2 Å². The van der Waals surface area contributed by atoms with E-state index in [2.05, 4.69) is 19.1 Å². The van der Waals surface area contributed by atoms with Gasteiger partial charge in [0.15, 0.2) is 0 Å². The molecule has 0 bridgehead atoms. The minimum Gasteiger partial charge on any atom is -0.393 e. The monoisotopic (exact) mass is 274 g/mol. The van der Waals surface area contributed by atoms with Gasteiger partial charge in [0.2, 0.25) is 0 Å². The smallest absolute Gasteiger partial charge is 0.0790 e. The average Bonchev–Trinajstić information content (AvgIpc) is 2.47. The summed E-state index contributed by atoms with van der Waals surface area (Å²) in [5.41, 5.74) is 2.09. The highest BCUT2D eigenvalue weighted by molar-refractivity contribution is 5.51. The molecule has 0 radical (unpaired) electrons. The van der Waals surface area contributed by atoms with E-state index in [1.807, 2.05) is 24.3 Å². The van der Waals surface area contributed by atoms with Crippen LogP contribution in [0.3, 0.4) is 0 Å². The van der Waals surface area contributed by atoms with Gasteiger partial charge in [0.05, 0.1) is 12.2 Å². The molecule has 0 amide bonds. The van der Waals surface area contributed by atoms with E-state index >= 15 is 0 Å².